The number of carbonyl (C=O) groups excluding carboxylic acids is 3. The summed E-state index contributed by atoms with van der Waals surface area (Å²) in [6.45, 7) is 5.77. The number of benzene rings is 1. The molecule has 3 heterocycles. The highest BCUT2D eigenvalue weighted by Gasteiger charge is 2.52. The van der Waals surface area contributed by atoms with E-state index in [1.807, 2.05) is 6.92 Å². The summed E-state index contributed by atoms with van der Waals surface area (Å²) in [6, 6.07) is 4.45. The predicted molar refractivity (Wildman–Crippen MR) is 109 cm³/mol. The zero-order chi connectivity index (χ0) is 21.8. The number of fused-ring (bicyclic) bond motifs is 1. The maximum Gasteiger partial charge on any atom is 0.325 e. The van der Waals surface area contributed by atoms with Gasteiger partial charge in [0.05, 0.1) is 4.90 Å². The number of likely N-dealkylation sites (N-methyl/N-ethyl adjacent to an activating group) is 1. The van der Waals surface area contributed by atoms with Crippen molar-refractivity contribution in [2.45, 2.75) is 56.5 Å². The number of urea groups is 1. The van der Waals surface area contributed by atoms with Crippen LogP contribution < -0.4 is 10.2 Å². The molecule has 2 fully saturated rings. The van der Waals surface area contributed by atoms with Crippen LogP contribution in [-0.2, 0) is 26.0 Å². The van der Waals surface area contributed by atoms with Crippen LogP contribution >= 0.6 is 0 Å². The van der Waals surface area contributed by atoms with Gasteiger partial charge in [-0.2, -0.15) is 4.31 Å². The molecule has 0 bridgehead atoms. The molecule has 3 aliphatic heterocycles. The minimum atomic E-state index is -3.74. The second-order valence-corrected chi connectivity index (χ2v) is 10.1. The molecule has 0 aliphatic carbocycles. The van der Waals surface area contributed by atoms with Gasteiger partial charge in [0.25, 0.3) is 5.91 Å². The third kappa shape index (κ3) is 3.01. The highest BCUT2D eigenvalue weighted by molar-refractivity contribution is 7.89. The van der Waals surface area contributed by atoms with Crippen LogP contribution in [0, 0.1) is 0 Å². The molecule has 1 N–H and O–H groups in total. The fraction of sp³-hybridized carbons (Fsp3) is 0.550. The lowest BCUT2D eigenvalue weighted by Gasteiger charge is -2.36. The van der Waals surface area contributed by atoms with Gasteiger partial charge in [-0.25, -0.2) is 13.2 Å². The summed E-state index contributed by atoms with van der Waals surface area (Å²) in [5, 5.41) is 2.76. The largest absolute Gasteiger partial charge is 0.325 e. The molecule has 3 aliphatic rings. The maximum atomic E-state index is 13.2. The van der Waals surface area contributed by atoms with E-state index in [2.05, 4.69) is 5.32 Å². The molecule has 0 saturated carbocycles. The molecule has 4 amide bonds. The number of nitrogens with one attached hydrogen (secondary N) is 1. The third-order valence-corrected chi connectivity index (χ3v) is 8.28. The summed E-state index contributed by atoms with van der Waals surface area (Å²) in [5.74, 6) is -0.342. The number of amides is 4. The van der Waals surface area contributed by atoms with Crippen molar-refractivity contribution in [1.82, 2.24) is 14.5 Å². The van der Waals surface area contributed by atoms with Gasteiger partial charge in [0.2, 0.25) is 15.9 Å². The number of hydrogen-bond acceptors (Lipinski definition) is 5. The van der Waals surface area contributed by atoms with Gasteiger partial charge in [0.15, 0.2) is 0 Å². The monoisotopic (exact) mass is 434 g/mol. The molecule has 2 saturated heterocycles. The van der Waals surface area contributed by atoms with Crippen LogP contribution in [0.15, 0.2) is 23.1 Å². The normalized spacial score (nSPS) is 23.8. The maximum absolute atomic E-state index is 13.2. The smallest absolute Gasteiger partial charge is 0.323 e. The Labute approximate surface area is 176 Å². The van der Waals surface area contributed by atoms with Crippen molar-refractivity contribution in [3.8, 4) is 0 Å². The van der Waals surface area contributed by atoms with Crippen LogP contribution in [0.1, 0.15) is 39.2 Å². The lowest BCUT2D eigenvalue weighted by atomic mass is 9.88. The number of carbonyl (C=O) groups is 3. The van der Waals surface area contributed by atoms with Gasteiger partial charge in [-0.3, -0.25) is 14.5 Å². The van der Waals surface area contributed by atoms with Crippen molar-refractivity contribution in [3.63, 3.8) is 0 Å². The Morgan fingerprint density at radius 2 is 1.90 bits per heavy atom. The molecule has 30 heavy (non-hydrogen) atoms. The van der Waals surface area contributed by atoms with Crippen LogP contribution in [0.4, 0.5) is 10.5 Å². The molecule has 1 unspecified atom stereocenters. The number of sulfonamides is 1. The van der Waals surface area contributed by atoms with Gasteiger partial charge in [0.1, 0.15) is 5.54 Å². The van der Waals surface area contributed by atoms with E-state index in [1.165, 1.54) is 22.2 Å². The van der Waals surface area contributed by atoms with Crippen LogP contribution in [0.5, 0.6) is 0 Å². The lowest BCUT2D eigenvalue weighted by molar-refractivity contribution is -0.132. The van der Waals surface area contributed by atoms with Gasteiger partial charge < -0.3 is 10.2 Å². The van der Waals surface area contributed by atoms with Crippen molar-refractivity contribution in [2.24, 2.45) is 0 Å². The van der Waals surface area contributed by atoms with E-state index in [9.17, 15) is 22.8 Å². The first-order valence-corrected chi connectivity index (χ1v) is 11.6. The van der Waals surface area contributed by atoms with Gasteiger partial charge in [-0.05, 0) is 56.9 Å². The van der Waals surface area contributed by atoms with E-state index in [1.54, 1.807) is 24.0 Å². The molecule has 1 atom stereocenters. The van der Waals surface area contributed by atoms with Crippen LogP contribution in [-0.4, -0.2) is 66.7 Å². The Hall–Kier alpha value is -2.46. The number of hydrogen-bond donors (Lipinski definition) is 1. The summed E-state index contributed by atoms with van der Waals surface area (Å²) in [5.41, 5.74) is 0.587. The molecule has 0 aromatic heterocycles. The summed E-state index contributed by atoms with van der Waals surface area (Å²) in [6.07, 6.45) is 1.09. The molecule has 10 heteroatoms. The number of piperidine rings is 1. The Bertz CT molecular complexity index is 1030. The standard InChI is InChI=1S/C20H26N4O5S/c1-4-23-18(26)20(21-19(23)27)7-9-22(10-8-20)30(28,29)16-5-6-17-15(12-16)11-13(2)24(17)14(3)25/h5-6,12-13H,4,7-11H2,1-3H3,(H,21,27). The molecular formula is C20H26N4O5S. The van der Waals surface area contributed by atoms with E-state index in [-0.39, 0.29) is 48.7 Å². The first-order chi connectivity index (χ1) is 14.1. The zero-order valence-electron chi connectivity index (χ0n) is 17.3. The SMILES string of the molecule is CCN1C(=O)NC2(CCN(S(=O)(=O)c3ccc4c(c3)CC(C)N4C(C)=O)CC2)C1=O. The Morgan fingerprint density at radius 3 is 2.47 bits per heavy atom. The van der Waals surface area contributed by atoms with Crippen LogP contribution in [0.3, 0.4) is 0 Å². The molecule has 1 aromatic carbocycles. The van der Waals surface area contributed by atoms with E-state index in [0.29, 0.717) is 13.0 Å². The average molecular weight is 435 g/mol. The van der Waals surface area contributed by atoms with Crippen molar-refractivity contribution < 1.29 is 22.8 Å². The van der Waals surface area contributed by atoms with Gasteiger partial charge in [-0.1, -0.05) is 0 Å². The molecule has 162 valence electrons. The number of anilines is 1. The molecule has 4 rings (SSSR count). The Kier molecular flexibility index (Phi) is 4.89. The summed E-state index contributed by atoms with van der Waals surface area (Å²) >= 11 is 0. The van der Waals surface area contributed by atoms with Crippen molar-refractivity contribution in [3.05, 3.63) is 23.8 Å². The topological polar surface area (TPSA) is 107 Å². The fourth-order valence-electron chi connectivity index (χ4n) is 4.81. The Balaban J connectivity index is 1.54. The van der Waals surface area contributed by atoms with Gasteiger partial charge in [-0.15, -0.1) is 0 Å². The summed E-state index contributed by atoms with van der Waals surface area (Å²) < 4.78 is 27.8. The van der Waals surface area contributed by atoms with Crippen molar-refractivity contribution >= 4 is 33.6 Å². The highest BCUT2D eigenvalue weighted by Crippen LogP contribution is 2.36. The lowest BCUT2D eigenvalue weighted by Crippen LogP contribution is -2.55. The predicted octanol–water partition coefficient (Wildman–Crippen LogP) is 1.08. The molecular weight excluding hydrogens is 408 g/mol. The quantitative estimate of drug-likeness (QED) is 0.717. The average Bonchev–Trinajstić information content (AvgIpc) is 3.14. The first-order valence-electron chi connectivity index (χ1n) is 10.2. The first kappa shape index (κ1) is 20.8. The van der Waals surface area contributed by atoms with Crippen molar-refractivity contribution in [2.75, 3.05) is 24.5 Å². The number of imide groups is 1. The van der Waals surface area contributed by atoms with E-state index in [0.717, 1.165) is 11.3 Å². The summed E-state index contributed by atoms with van der Waals surface area (Å²) in [4.78, 5) is 39.6. The molecule has 1 aromatic rings. The summed E-state index contributed by atoms with van der Waals surface area (Å²) in [7, 11) is -3.74. The van der Waals surface area contributed by atoms with Crippen LogP contribution in [0.2, 0.25) is 0 Å². The van der Waals surface area contributed by atoms with Gasteiger partial charge >= 0.3 is 6.03 Å². The minimum absolute atomic E-state index is 0.0104. The van der Waals surface area contributed by atoms with E-state index >= 15 is 0 Å². The van der Waals surface area contributed by atoms with Crippen molar-refractivity contribution in [1.29, 1.82) is 0 Å². The number of nitrogens with zero attached hydrogens (tertiary/aromatic N) is 3. The second-order valence-electron chi connectivity index (χ2n) is 8.20. The van der Waals surface area contributed by atoms with Gasteiger partial charge in [0, 0.05) is 38.3 Å². The minimum Gasteiger partial charge on any atom is -0.323 e. The highest BCUT2D eigenvalue weighted by atomic mass is 32.2. The second kappa shape index (κ2) is 7.05. The Morgan fingerprint density at radius 1 is 1.23 bits per heavy atom. The third-order valence-electron chi connectivity index (χ3n) is 6.38. The molecule has 9 nitrogen and oxygen atoms in total. The van der Waals surface area contributed by atoms with Crippen LogP contribution in [0.25, 0.3) is 0 Å². The zero-order valence-corrected chi connectivity index (χ0v) is 18.2. The molecule has 0 radical (unpaired) electrons. The number of rotatable bonds is 3. The van der Waals surface area contributed by atoms with E-state index in [4.69, 9.17) is 0 Å². The molecule has 1 spiro atoms. The fourth-order valence-corrected chi connectivity index (χ4v) is 6.30. The van der Waals surface area contributed by atoms with E-state index < -0.39 is 21.6 Å².